The third kappa shape index (κ3) is 4.30. The van der Waals surface area contributed by atoms with E-state index < -0.39 is 0 Å². The standard InChI is InChI=1S/C24H29N3O3S2/c1-5-19-16(3)21-22(32-19)25-24(31-14-20(28)26-12-7-6-9-15(26)2)27(23(21)29)17-10-8-11-18(13-17)30-4/h8,10-11,13,15H,5-7,9,12,14H2,1-4H3/t15-/m1/s1. The molecule has 3 heterocycles. The average Bonchev–Trinajstić information content (AvgIpc) is 3.13. The molecular formula is C24H29N3O3S2. The number of carbonyl (C=O) groups is 1. The number of nitrogens with zero attached hydrogens (tertiary/aromatic N) is 3. The van der Waals surface area contributed by atoms with Crippen LogP contribution in [-0.4, -0.2) is 45.8 Å². The molecule has 4 rings (SSSR count). The molecule has 0 spiro atoms. The van der Waals surface area contributed by atoms with Crippen LogP contribution >= 0.6 is 23.1 Å². The van der Waals surface area contributed by atoms with E-state index in [0.717, 1.165) is 36.2 Å². The molecule has 6 nitrogen and oxygen atoms in total. The number of thioether (sulfide) groups is 1. The van der Waals surface area contributed by atoms with Gasteiger partial charge in [0, 0.05) is 23.5 Å². The lowest BCUT2D eigenvalue weighted by atomic mass is 10.0. The predicted octanol–water partition coefficient (Wildman–Crippen LogP) is 4.82. The van der Waals surface area contributed by atoms with Gasteiger partial charge in [-0.1, -0.05) is 24.8 Å². The number of aromatic nitrogens is 2. The zero-order valence-electron chi connectivity index (χ0n) is 19.0. The van der Waals surface area contributed by atoms with E-state index in [-0.39, 0.29) is 23.3 Å². The molecule has 1 saturated heterocycles. The first-order valence-electron chi connectivity index (χ1n) is 11.1. The fraction of sp³-hybridized carbons (Fsp3) is 0.458. The molecule has 170 valence electrons. The Bertz CT molecular complexity index is 1200. The third-order valence-corrected chi connectivity index (χ3v) is 8.37. The number of rotatable bonds is 6. The lowest BCUT2D eigenvalue weighted by Gasteiger charge is -2.33. The minimum Gasteiger partial charge on any atom is -0.497 e. The van der Waals surface area contributed by atoms with Crippen molar-refractivity contribution in [2.75, 3.05) is 19.4 Å². The van der Waals surface area contributed by atoms with Crippen LogP contribution in [0.4, 0.5) is 0 Å². The van der Waals surface area contributed by atoms with Crippen LogP contribution in [0, 0.1) is 6.92 Å². The third-order valence-electron chi connectivity index (χ3n) is 6.11. The monoisotopic (exact) mass is 471 g/mol. The van der Waals surface area contributed by atoms with Crippen molar-refractivity contribution in [3.05, 3.63) is 45.1 Å². The summed E-state index contributed by atoms with van der Waals surface area (Å²) in [6.07, 6.45) is 4.12. The van der Waals surface area contributed by atoms with E-state index >= 15 is 0 Å². The summed E-state index contributed by atoms with van der Waals surface area (Å²) < 4.78 is 7.00. The number of hydrogen-bond donors (Lipinski definition) is 0. The second-order valence-corrected chi connectivity index (χ2v) is 10.2. The van der Waals surface area contributed by atoms with E-state index in [4.69, 9.17) is 9.72 Å². The number of likely N-dealkylation sites (tertiary alicyclic amines) is 1. The molecule has 1 atom stereocenters. The SMILES string of the molecule is CCc1sc2nc(SCC(=O)N3CCCC[C@H]3C)n(-c3cccc(OC)c3)c(=O)c2c1C. The van der Waals surface area contributed by atoms with Crippen molar-refractivity contribution in [3.8, 4) is 11.4 Å². The van der Waals surface area contributed by atoms with E-state index in [9.17, 15) is 9.59 Å². The fourth-order valence-electron chi connectivity index (χ4n) is 4.30. The van der Waals surface area contributed by atoms with Crippen molar-refractivity contribution in [1.29, 1.82) is 0 Å². The molecule has 0 bridgehead atoms. The van der Waals surface area contributed by atoms with E-state index in [1.54, 1.807) is 23.0 Å². The van der Waals surface area contributed by atoms with Gasteiger partial charge in [0.2, 0.25) is 5.91 Å². The maximum atomic E-state index is 13.7. The number of thiophene rings is 1. The second-order valence-electron chi connectivity index (χ2n) is 8.14. The van der Waals surface area contributed by atoms with Crippen LogP contribution < -0.4 is 10.3 Å². The predicted molar refractivity (Wildman–Crippen MR) is 132 cm³/mol. The highest BCUT2D eigenvalue weighted by molar-refractivity contribution is 7.99. The molecule has 0 N–H and O–H groups in total. The number of aryl methyl sites for hydroxylation is 2. The summed E-state index contributed by atoms with van der Waals surface area (Å²) in [6, 6.07) is 7.67. The van der Waals surface area contributed by atoms with Gasteiger partial charge in [-0.3, -0.25) is 14.2 Å². The molecule has 0 radical (unpaired) electrons. The maximum absolute atomic E-state index is 13.7. The zero-order valence-corrected chi connectivity index (χ0v) is 20.6. The van der Waals surface area contributed by atoms with Gasteiger partial charge in [0.05, 0.1) is 23.9 Å². The molecule has 0 saturated carbocycles. The van der Waals surface area contributed by atoms with Crippen LogP contribution in [0.15, 0.2) is 34.2 Å². The zero-order chi connectivity index (χ0) is 22.8. The van der Waals surface area contributed by atoms with Crippen LogP contribution in [-0.2, 0) is 11.2 Å². The molecule has 0 unspecified atom stereocenters. The Morgan fingerprint density at radius 2 is 2.16 bits per heavy atom. The number of carbonyl (C=O) groups excluding carboxylic acids is 1. The van der Waals surface area contributed by atoms with Crippen molar-refractivity contribution >= 4 is 39.2 Å². The molecule has 3 aromatic rings. The van der Waals surface area contributed by atoms with Crippen molar-refractivity contribution in [2.24, 2.45) is 0 Å². The van der Waals surface area contributed by atoms with Crippen LogP contribution in [0.5, 0.6) is 5.75 Å². The second kappa shape index (κ2) is 9.67. The Balaban J connectivity index is 1.77. The van der Waals surface area contributed by atoms with E-state index in [2.05, 4.69) is 13.8 Å². The van der Waals surface area contributed by atoms with Gasteiger partial charge in [-0.05, 0) is 57.2 Å². The highest BCUT2D eigenvalue weighted by Gasteiger charge is 2.25. The minimum absolute atomic E-state index is 0.0991. The number of ether oxygens (including phenoxy) is 1. The Kier molecular flexibility index (Phi) is 6.90. The topological polar surface area (TPSA) is 64.4 Å². The average molecular weight is 472 g/mol. The van der Waals surface area contributed by atoms with Gasteiger partial charge in [0.15, 0.2) is 5.16 Å². The van der Waals surface area contributed by atoms with Gasteiger partial charge < -0.3 is 9.64 Å². The van der Waals surface area contributed by atoms with E-state index in [1.165, 1.54) is 23.1 Å². The Morgan fingerprint density at radius 3 is 2.88 bits per heavy atom. The van der Waals surface area contributed by atoms with Gasteiger partial charge in [-0.2, -0.15) is 0 Å². The number of piperidine rings is 1. The van der Waals surface area contributed by atoms with Crippen LogP contribution in [0.1, 0.15) is 43.6 Å². The fourth-order valence-corrected chi connectivity index (χ4v) is 6.36. The number of amides is 1. The summed E-state index contributed by atoms with van der Waals surface area (Å²) in [6.45, 7) is 7.00. The molecule has 8 heteroatoms. The molecule has 1 aliphatic rings. The summed E-state index contributed by atoms with van der Waals surface area (Å²) in [7, 11) is 1.61. The molecule has 1 aliphatic heterocycles. The summed E-state index contributed by atoms with van der Waals surface area (Å²) in [5, 5.41) is 1.20. The smallest absolute Gasteiger partial charge is 0.267 e. The first-order chi connectivity index (χ1) is 15.4. The minimum atomic E-state index is -0.0991. The Morgan fingerprint density at radius 1 is 1.34 bits per heavy atom. The summed E-state index contributed by atoms with van der Waals surface area (Å²) in [4.78, 5) is 35.4. The molecule has 1 amide bonds. The van der Waals surface area contributed by atoms with Crippen molar-refractivity contribution in [2.45, 2.75) is 57.7 Å². The summed E-state index contributed by atoms with van der Waals surface area (Å²) in [5.74, 6) is 1.03. The lowest BCUT2D eigenvalue weighted by molar-refractivity contribution is -0.131. The van der Waals surface area contributed by atoms with Gasteiger partial charge in [0.1, 0.15) is 10.6 Å². The summed E-state index contributed by atoms with van der Waals surface area (Å²) >= 11 is 2.91. The molecule has 32 heavy (non-hydrogen) atoms. The van der Waals surface area contributed by atoms with E-state index in [1.807, 2.05) is 36.1 Å². The number of hydrogen-bond acceptors (Lipinski definition) is 6. The first kappa shape index (κ1) is 22.9. The Hall–Kier alpha value is -2.32. The quantitative estimate of drug-likeness (QED) is 0.381. The first-order valence-corrected chi connectivity index (χ1v) is 12.9. The van der Waals surface area contributed by atoms with Gasteiger partial charge >= 0.3 is 0 Å². The normalized spacial score (nSPS) is 16.5. The van der Waals surface area contributed by atoms with Crippen LogP contribution in [0.2, 0.25) is 0 Å². The highest BCUT2D eigenvalue weighted by Crippen LogP contribution is 2.31. The molecule has 0 aliphatic carbocycles. The molecule has 2 aromatic heterocycles. The number of benzene rings is 1. The van der Waals surface area contributed by atoms with E-state index in [0.29, 0.717) is 22.0 Å². The molecule has 1 aromatic carbocycles. The van der Waals surface area contributed by atoms with Crippen molar-refractivity contribution < 1.29 is 9.53 Å². The van der Waals surface area contributed by atoms with Gasteiger partial charge in [-0.15, -0.1) is 11.3 Å². The maximum Gasteiger partial charge on any atom is 0.267 e. The summed E-state index contributed by atoms with van der Waals surface area (Å²) in [5.41, 5.74) is 1.59. The van der Waals surface area contributed by atoms with Crippen LogP contribution in [0.3, 0.4) is 0 Å². The van der Waals surface area contributed by atoms with Crippen molar-refractivity contribution in [1.82, 2.24) is 14.5 Å². The van der Waals surface area contributed by atoms with Crippen LogP contribution in [0.25, 0.3) is 15.9 Å². The van der Waals surface area contributed by atoms with Gasteiger partial charge in [0.25, 0.3) is 5.56 Å². The molecular weight excluding hydrogens is 442 g/mol. The highest BCUT2D eigenvalue weighted by atomic mass is 32.2. The largest absolute Gasteiger partial charge is 0.497 e. The van der Waals surface area contributed by atoms with Crippen molar-refractivity contribution in [3.63, 3.8) is 0 Å². The molecule has 1 fully saturated rings. The number of fused-ring (bicyclic) bond motifs is 1. The lowest BCUT2D eigenvalue weighted by Crippen LogP contribution is -2.43. The number of methoxy groups -OCH3 is 1. The Labute approximate surface area is 196 Å². The van der Waals surface area contributed by atoms with Gasteiger partial charge in [-0.25, -0.2) is 4.98 Å².